The quantitative estimate of drug-likeness (QED) is 0.833. The van der Waals surface area contributed by atoms with E-state index in [-0.39, 0.29) is 18.0 Å². The molecule has 2 unspecified atom stereocenters. The average molecular weight is 302 g/mol. The molecule has 0 bridgehead atoms. The zero-order chi connectivity index (χ0) is 16.1. The number of nitrogens with two attached hydrogens (primary N) is 1. The van der Waals surface area contributed by atoms with Crippen molar-refractivity contribution in [2.45, 2.75) is 71.4 Å². The third kappa shape index (κ3) is 4.33. The predicted octanol–water partition coefficient (Wildman–Crippen LogP) is 4.03. The zero-order valence-corrected chi connectivity index (χ0v) is 14.2. The van der Waals surface area contributed by atoms with Crippen molar-refractivity contribution in [2.24, 2.45) is 11.7 Å². The number of hydrogen-bond donors (Lipinski definition) is 2. The minimum Gasteiger partial charge on any atom is -0.349 e. The molecule has 2 rings (SSSR count). The lowest BCUT2D eigenvalue weighted by molar-refractivity contribution is -0.122. The second-order valence-electron chi connectivity index (χ2n) is 6.96. The normalized spacial score (nSPS) is 18.9. The van der Waals surface area contributed by atoms with E-state index < -0.39 is 0 Å². The second kappa shape index (κ2) is 7.77. The lowest BCUT2D eigenvalue weighted by Gasteiger charge is -2.28. The summed E-state index contributed by atoms with van der Waals surface area (Å²) in [5.74, 6) is 0.559. The number of amides is 1. The summed E-state index contributed by atoms with van der Waals surface area (Å²) < 4.78 is 0. The molecule has 0 heterocycles. The maximum absolute atomic E-state index is 12.1. The van der Waals surface area contributed by atoms with Gasteiger partial charge in [-0.25, -0.2) is 0 Å². The summed E-state index contributed by atoms with van der Waals surface area (Å²) in [6.07, 6.45) is 5.97. The van der Waals surface area contributed by atoms with Gasteiger partial charge in [0.05, 0.1) is 6.04 Å². The van der Waals surface area contributed by atoms with E-state index in [1.807, 2.05) is 0 Å². The molecule has 0 aliphatic heterocycles. The first-order valence-corrected chi connectivity index (χ1v) is 8.69. The molecule has 0 radical (unpaired) electrons. The van der Waals surface area contributed by atoms with Gasteiger partial charge in [-0.15, -0.1) is 0 Å². The highest BCUT2D eigenvalue weighted by atomic mass is 16.1. The number of rotatable bonds is 6. The molecule has 0 saturated heterocycles. The third-order valence-corrected chi connectivity index (χ3v) is 4.44. The summed E-state index contributed by atoms with van der Waals surface area (Å²) in [7, 11) is 0. The van der Waals surface area contributed by atoms with Crippen molar-refractivity contribution < 1.29 is 4.79 Å². The van der Waals surface area contributed by atoms with Gasteiger partial charge in [0.15, 0.2) is 0 Å². The standard InChI is InChI=1S/C19H30N2O/c1-4-6-17(20)15-10-9-14-7-5-8-18(16(14)12-15)21-19(22)11-13(2)3/h9-10,12-13,17-18H,4-8,11,20H2,1-3H3,(H,21,22). The largest absolute Gasteiger partial charge is 0.349 e. The Hall–Kier alpha value is -1.35. The number of hydrogen-bond acceptors (Lipinski definition) is 2. The van der Waals surface area contributed by atoms with Crippen LogP contribution in [-0.2, 0) is 11.2 Å². The van der Waals surface area contributed by atoms with Gasteiger partial charge in [-0.2, -0.15) is 0 Å². The Bertz CT molecular complexity index is 510. The SMILES string of the molecule is CCCC(N)c1ccc2c(c1)C(NC(=O)CC(C)C)CCC2. The molecule has 0 aromatic heterocycles. The molecule has 1 aromatic carbocycles. The summed E-state index contributed by atoms with van der Waals surface area (Å²) in [6, 6.07) is 6.86. The molecule has 1 amide bonds. The van der Waals surface area contributed by atoms with E-state index in [2.05, 4.69) is 44.3 Å². The Balaban J connectivity index is 2.17. The maximum atomic E-state index is 12.1. The Morgan fingerprint density at radius 3 is 2.86 bits per heavy atom. The molecule has 22 heavy (non-hydrogen) atoms. The van der Waals surface area contributed by atoms with E-state index >= 15 is 0 Å². The van der Waals surface area contributed by atoms with E-state index in [1.54, 1.807) is 0 Å². The third-order valence-electron chi connectivity index (χ3n) is 4.44. The van der Waals surface area contributed by atoms with Crippen molar-refractivity contribution in [1.29, 1.82) is 0 Å². The van der Waals surface area contributed by atoms with Gasteiger partial charge in [0.1, 0.15) is 0 Å². The average Bonchev–Trinajstić information content (AvgIpc) is 2.46. The number of benzene rings is 1. The Morgan fingerprint density at radius 1 is 1.41 bits per heavy atom. The Morgan fingerprint density at radius 2 is 2.18 bits per heavy atom. The highest BCUT2D eigenvalue weighted by molar-refractivity contribution is 5.76. The molecule has 0 fully saturated rings. The van der Waals surface area contributed by atoms with Crippen molar-refractivity contribution in [3.63, 3.8) is 0 Å². The van der Waals surface area contributed by atoms with Crippen molar-refractivity contribution in [1.82, 2.24) is 5.32 Å². The van der Waals surface area contributed by atoms with Gasteiger partial charge in [-0.3, -0.25) is 4.79 Å². The number of carbonyl (C=O) groups is 1. The molecule has 0 saturated carbocycles. The summed E-state index contributed by atoms with van der Waals surface area (Å²) in [5.41, 5.74) is 10.1. The van der Waals surface area contributed by atoms with E-state index in [4.69, 9.17) is 5.73 Å². The van der Waals surface area contributed by atoms with E-state index in [9.17, 15) is 4.79 Å². The summed E-state index contributed by atoms with van der Waals surface area (Å²) >= 11 is 0. The molecule has 2 atom stereocenters. The van der Waals surface area contributed by atoms with Crippen molar-refractivity contribution >= 4 is 5.91 Å². The first-order chi connectivity index (χ1) is 10.5. The van der Waals surface area contributed by atoms with Gasteiger partial charge in [-0.05, 0) is 48.3 Å². The molecule has 1 aromatic rings. The van der Waals surface area contributed by atoms with Gasteiger partial charge in [0.25, 0.3) is 0 Å². The van der Waals surface area contributed by atoms with Crippen LogP contribution in [0.5, 0.6) is 0 Å². The van der Waals surface area contributed by atoms with Gasteiger partial charge in [-0.1, -0.05) is 45.4 Å². The maximum Gasteiger partial charge on any atom is 0.220 e. The van der Waals surface area contributed by atoms with Crippen LogP contribution in [0.25, 0.3) is 0 Å². The molecule has 1 aliphatic carbocycles. The van der Waals surface area contributed by atoms with E-state index in [1.165, 1.54) is 16.7 Å². The fourth-order valence-electron chi connectivity index (χ4n) is 3.30. The monoisotopic (exact) mass is 302 g/mol. The lowest BCUT2D eigenvalue weighted by atomic mass is 9.85. The molecule has 1 aliphatic rings. The van der Waals surface area contributed by atoms with Crippen LogP contribution in [0.1, 0.15) is 81.6 Å². The van der Waals surface area contributed by atoms with Crippen LogP contribution < -0.4 is 11.1 Å². The van der Waals surface area contributed by atoms with Gasteiger partial charge < -0.3 is 11.1 Å². The number of carbonyl (C=O) groups excluding carboxylic acids is 1. The zero-order valence-electron chi connectivity index (χ0n) is 14.2. The smallest absolute Gasteiger partial charge is 0.220 e. The number of aryl methyl sites for hydroxylation is 1. The van der Waals surface area contributed by atoms with Crippen molar-refractivity contribution in [2.75, 3.05) is 0 Å². The first kappa shape index (κ1) is 17.0. The van der Waals surface area contributed by atoms with Crippen molar-refractivity contribution in [3.05, 3.63) is 34.9 Å². The van der Waals surface area contributed by atoms with Crippen LogP contribution in [0, 0.1) is 5.92 Å². The van der Waals surface area contributed by atoms with Crippen LogP contribution in [0.4, 0.5) is 0 Å². The molecule has 0 spiro atoms. The van der Waals surface area contributed by atoms with Gasteiger partial charge >= 0.3 is 0 Å². The molecule has 3 N–H and O–H groups in total. The summed E-state index contributed by atoms with van der Waals surface area (Å²) in [6.45, 7) is 6.32. The molecule has 122 valence electrons. The van der Waals surface area contributed by atoms with Gasteiger partial charge in [0, 0.05) is 12.5 Å². The van der Waals surface area contributed by atoms with Crippen molar-refractivity contribution in [3.8, 4) is 0 Å². The van der Waals surface area contributed by atoms with E-state index in [0.29, 0.717) is 12.3 Å². The minimum atomic E-state index is 0.101. The highest BCUT2D eigenvalue weighted by Gasteiger charge is 2.23. The van der Waals surface area contributed by atoms with Crippen LogP contribution in [-0.4, -0.2) is 5.91 Å². The fourth-order valence-corrected chi connectivity index (χ4v) is 3.30. The van der Waals surface area contributed by atoms with Crippen LogP contribution >= 0.6 is 0 Å². The molecular formula is C19H30N2O. The topological polar surface area (TPSA) is 55.1 Å². The Kier molecular flexibility index (Phi) is 6.01. The molecule has 3 heteroatoms. The lowest BCUT2D eigenvalue weighted by Crippen LogP contribution is -2.31. The van der Waals surface area contributed by atoms with Gasteiger partial charge in [0.2, 0.25) is 5.91 Å². The number of fused-ring (bicyclic) bond motifs is 1. The fraction of sp³-hybridized carbons (Fsp3) is 0.632. The molecule has 3 nitrogen and oxygen atoms in total. The van der Waals surface area contributed by atoms with Crippen LogP contribution in [0.3, 0.4) is 0 Å². The number of nitrogens with one attached hydrogen (secondary N) is 1. The van der Waals surface area contributed by atoms with E-state index in [0.717, 1.165) is 32.1 Å². The molecular weight excluding hydrogens is 272 g/mol. The predicted molar refractivity (Wildman–Crippen MR) is 91.6 cm³/mol. The summed E-state index contributed by atoms with van der Waals surface area (Å²) in [4.78, 5) is 12.1. The first-order valence-electron chi connectivity index (χ1n) is 8.69. The highest BCUT2D eigenvalue weighted by Crippen LogP contribution is 2.32. The summed E-state index contributed by atoms with van der Waals surface area (Å²) in [5, 5.41) is 3.22. The van der Waals surface area contributed by atoms with Crippen LogP contribution in [0.2, 0.25) is 0 Å². The second-order valence-corrected chi connectivity index (χ2v) is 6.96. The minimum absolute atomic E-state index is 0.101. The Labute approximate surface area is 134 Å². The van der Waals surface area contributed by atoms with Crippen LogP contribution in [0.15, 0.2) is 18.2 Å².